The van der Waals surface area contributed by atoms with Crippen molar-refractivity contribution in [1.82, 2.24) is 25.2 Å². The Hall–Kier alpha value is -2.77. The van der Waals surface area contributed by atoms with Crippen LogP contribution in [0.15, 0.2) is 30.5 Å². The van der Waals surface area contributed by atoms with Gasteiger partial charge in [0, 0.05) is 6.04 Å². The van der Waals surface area contributed by atoms with Crippen LogP contribution in [0, 0.1) is 5.82 Å². The van der Waals surface area contributed by atoms with Crippen molar-refractivity contribution in [2.45, 2.75) is 37.8 Å². The van der Waals surface area contributed by atoms with Crippen LogP contribution >= 0.6 is 0 Å². The molecule has 0 radical (unpaired) electrons. The molecule has 0 spiro atoms. The third-order valence-electron chi connectivity index (χ3n) is 4.82. The highest BCUT2D eigenvalue weighted by Gasteiger charge is 2.39. The molecule has 0 bridgehead atoms. The molecular weight excluding hydrogens is 325 g/mol. The van der Waals surface area contributed by atoms with Crippen LogP contribution in [0.4, 0.5) is 4.39 Å². The van der Waals surface area contributed by atoms with Crippen molar-refractivity contribution in [2.75, 3.05) is 6.54 Å². The number of piperazine rings is 1. The average Bonchev–Trinajstić information content (AvgIpc) is 3.11. The zero-order chi connectivity index (χ0) is 17.4. The summed E-state index contributed by atoms with van der Waals surface area (Å²) >= 11 is 0. The fraction of sp³-hybridized carbons (Fsp3) is 0.412. The third-order valence-corrected chi connectivity index (χ3v) is 4.82. The second kappa shape index (κ2) is 6.27. The molecule has 2 fully saturated rings. The van der Waals surface area contributed by atoms with Crippen molar-refractivity contribution in [3.63, 3.8) is 0 Å². The number of carbonyl (C=O) groups is 2. The van der Waals surface area contributed by atoms with Crippen molar-refractivity contribution in [3.8, 4) is 5.69 Å². The van der Waals surface area contributed by atoms with Crippen molar-refractivity contribution in [1.29, 1.82) is 0 Å². The summed E-state index contributed by atoms with van der Waals surface area (Å²) in [5.41, 5.74) is 0.746. The summed E-state index contributed by atoms with van der Waals surface area (Å²) in [4.78, 5) is 27.7. The van der Waals surface area contributed by atoms with E-state index in [9.17, 15) is 14.0 Å². The Balaban J connectivity index is 1.58. The van der Waals surface area contributed by atoms with Gasteiger partial charge in [-0.3, -0.25) is 9.59 Å². The van der Waals surface area contributed by atoms with Gasteiger partial charge in [0.15, 0.2) is 5.69 Å². The molecule has 1 N–H and O–H groups in total. The van der Waals surface area contributed by atoms with Gasteiger partial charge in [-0.25, -0.2) is 4.39 Å². The molecule has 2 aliphatic rings. The number of nitrogens with one attached hydrogen (secondary N) is 1. The van der Waals surface area contributed by atoms with Crippen molar-refractivity contribution in [3.05, 3.63) is 42.0 Å². The fourth-order valence-corrected chi connectivity index (χ4v) is 3.61. The SMILES string of the molecule is O=C1CN(C(=O)c2cnn(-c3ccc(F)cc3)n2)[C@@H]2CCCC[C@H]2N1. The van der Waals surface area contributed by atoms with E-state index in [1.807, 2.05) is 0 Å². The lowest BCUT2D eigenvalue weighted by molar-refractivity contribution is -0.127. The number of fused-ring (bicyclic) bond motifs is 1. The first-order valence-corrected chi connectivity index (χ1v) is 8.40. The summed E-state index contributed by atoms with van der Waals surface area (Å²) in [6.07, 6.45) is 5.26. The largest absolute Gasteiger partial charge is 0.350 e. The van der Waals surface area contributed by atoms with Gasteiger partial charge in [0.25, 0.3) is 5.91 Å². The maximum Gasteiger partial charge on any atom is 0.276 e. The van der Waals surface area contributed by atoms with E-state index < -0.39 is 0 Å². The van der Waals surface area contributed by atoms with Crippen LogP contribution in [0.25, 0.3) is 5.69 Å². The summed E-state index contributed by atoms with van der Waals surface area (Å²) in [5, 5.41) is 11.3. The Labute approximate surface area is 143 Å². The second-order valence-electron chi connectivity index (χ2n) is 6.45. The van der Waals surface area contributed by atoms with Gasteiger partial charge in [0.1, 0.15) is 12.4 Å². The normalized spacial score (nSPS) is 23.1. The molecule has 2 aromatic rings. The van der Waals surface area contributed by atoms with Crippen LogP contribution in [0.5, 0.6) is 0 Å². The first-order chi connectivity index (χ1) is 12.1. The molecule has 130 valence electrons. The van der Waals surface area contributed by atoms with Crippen LogP contribution in [-0.2, 0) is 4.79 Å². The summed E-state index contributed by atoms with van der Waals surface area (Å²) < 4.78 is 13.0. The highest BCUT2D eigenvalue weighted by atomic mass is 19.1. The zero-order valence-electron chi connectivity index (χ0n) is 13.6. The van der Waals surface area contributed by atoms with Gasteiger partial charge in [-0.05, 0) is 37.1 Å². The molecule has 1 saturated carbocycles. The van der Waals surface area contributed by atoms with Crippen molar-refractivity contribution < 1.29 is 14.0 Å². The van der Waals surface area contributed by atoms with Gasteiger partial charge in [0.2, 0.25) is 5.91 Å². The molecule has 1 aliphatic heterocycles. The number of amides is 2. The van der Waals surface area contributed by atoms with Crippen LogP contribution in [0.2, 0.25) is 0 Å². The number of hydrogen-bond donors (Lipinski definition) is 1. The molecule has 4 rings (SSSR count). The van der Waals surface area contributed by atoms with E-state index in [1.165, 1.54) is 35.3 Å². The first-order valence-electron chi connectivity index (χ1n) is 8.40. The number of aromatic nitrogens is 3. The summed E-state index contributed by atoms with van der Waals surface area (Å²) in [6, 6.07) is 5.72. The Morgan fingerprint density at radius 2 is 1.96 bits per heavy atom. The van der Waals surface area contributed by atoms with E-state index in [1.54, 1.807) is 4.90 Å². The summed E-state index contributed by atoms with van der Waals surface area (Å²) in [5.74, 6) is -0.780. The Morgan fingerprint density at radius 1 is 1.20 bits per heavy atom. The van der Waals surface area contributed by atoms with Crippen molar-refractivity contribution in [2.24, 2.45) is 0 Å². The number of benzene rings is 1. The van der Waals surface area contributed by atoms with E-state index in [2.05, 4.69) is 15.5 Å². The Bertz CT molecular complexity index is 804. The summed E-state index contributed by atoms with van der Waals surface area (Å²) in [6.45, 7) is 0.0450. The van der Waals surface area contributed by atoms with E-state index >= 15 is 0 Å². The highest BCUT2D eigenvalue weighted by molar-refractivity contribution is 5.95. The van der Waals surface area contributed by atoms with Crippen LogP contribution in [-0.4, -0.2) is 50.3 Å². The monoisotopic (exact) mass is 343 g/mol. The van der Waals surface area contributed by atoms with E-state index in [0.29, 0.717) is 5.69 Å². The lowest BCUT2D eigenvalue weighted by atomic mass is 9.87. The van der Waals surface area contributed by atoms with Gasteiger partial charge in [-0.2, -0.15) is 9.90 Å². The minimum atomic E-state index is -0.352. The predicted octanol–water partition coefficient (Wildman–Crippen LogP) is 1.29. The van der Waals surface area contributed by atoms with Crippen LogP contribution < -0.4 is 5.32 Å². The molecule has 1 aromatic carbocycles. The minimum Gasteiger partial charge on any atom is -0.350 e. The number of carbonyl (C=O) groups excluding carboxylic acids is 2. The molecule has 1 saturated heterocycles. The van der Waals surface area contributed by atoms with Gasteiger partial charge in [0.05, 0.1) is 17.9 Å². The van der Waals surface area contributed by atoms with Gasteiger partial charge >= 0.3 is 0 Å². The quantitative estimate of drug-likeness (QED) is 0.891. The van der Waals surface area contributed by atoms with Gasteiger partial charge in [-0.1, -0.05) is 12.8 Å². The second-order valence-corrected chi connectivity index (χ2v) is 6.45. The number of nitrogens with zero attached hydrogens (tertiary/aromatic N) is 4. The number of halogens is 1. The molecule has 2 heterocycles. The highest BCUT2D eigenvalue weighted by Crippen LogP contribution is 2.26. The maximum absolute atomic E-state index is 13.0. The summed E-state index contributed by atoms with van der Waals surface area (Å²) in [7, 11) is 0. The predicted molar refractivity (Wildman–Crippen MR) is 86.5 cm³/mol. The zero-order valence-corrected chi connectivity index (χ0v) is 13.6. The lowest BCUT2D eigenvalue weighted by Crippen LogP contribution is -2.62. The Kier molecular flexibility index (Phi) is 3.95. The molecule has 25 heavy (non-hydrogen) atoms. The molecule has 2 atom stereocenters. The number of hydrogen-bond acceptors (Lipinski definition) is 4. The van der Waals surface area contributed by atoms with Gasteiger partial charge in [-0.15, -0.1) is 5.10 Å². The smallest absolute Gasteiger partial charge is 0.276 e. The first kappa shape index (κ1) is 15.7. The van der Waals surface area contributed by atoms with Crippen molar-refractivity contribution >= 4 is 11.8 Å². The molecule has 1 aliphatic carbocycles. The molecule has 7 nitrogen and oxygen atoms in total. The number of rotatable bonds is 2. The van der Waals surface area contributed by atoms with Crippen LogP contribution in [0.3, 0.4) is 0 Å². The van der Waals surface area contributed by atoms with Gasteiger partial charge < -0.3 is 10.2 Å². The molecule has 8 heteroatoms. The standard InChI is InChI=1S/C17H18FN5O2/c18-11-5-7-12(8-6-11)23-19-9-14(21-23)17(25)22-10-16(24)20-13-3-1-2-4-15(13)22/h5-9,13,15H,1-4,10H2,(H,20,24)/t13-,15-/m1/s1. The van der Waals surface area contributed by atoms with E-state index in [4.69, 9.17) is 0 Å². The average molecular weight is 343 g/mol. The third kappa shape index (κ3) is 2.99. The molecule has 0 unspecified atom stereocenters. The van der Waals surface area contributed by atoms with E-state index in [0.717, 1.165) is 25.7 Å². The molecule has 1 aromatic heterocycles. The molecule has 2 amide bonds. The van der Waals surface area contributed by atoms with E-state index in [-0.39, 0.29) is 42.0 Å². The Morgan fingerprint density at radius 3 is 2.76 bits per heavy atom. The topological polar surface area (TPSA) is 80.1 Å². The minimum absolute atomic E-state index is 0.00919. The van der Waals surface area contributed by atoms with Crippen LogP contribution in [0.1, 0.15) is 36.2 Å². The molecular formula is C17H18FN5O2. The maximum atomic E-state index is 13.0. The fourth-order valence-electron chi connectivity index (χ4n) is 3.61. The lowest BCUT2D eigenvalue weighted by Gasteiger charge is -2.43.